The van der Waals surface area contributed by atoms with E-state index in [-0.39, 0.29) is 18.4 Å². The van der Waals surface area contributed by atoms with Gasteiger partial charge in [0.2, 0.25) is 11.8 Å². The van der Waals surface area contributed by atoms with Gasteiger partial charge in [0.05, 0.1) is 17.4 Å². The van der Waals surface area contributed by atoms with Crippen LogP contribution in [-0.2, 0) is 20.9 Å². The number of rotatable bonds is 6. The normalized spacial score (nSPS) is 15.8. The number of carbonyl (C=O) groups is 2. The van der Waals surface area contributed by atoms with Gasteiger partial charge in [0, 0.05) is 38.2 Å². The van der Waals surface area contributed by atoms with Crippen molar-refractivity contribution in [1.82, 2.24) is 15.1 Å². The molecule has 0 bridgehead atoms. The Bertz CT molecular complexity index is 515. The first kappa shape index (κ1) is 17.2. The first-order valence-electron chi connectivity index (χ1n) is 7.08. The quantitative estimate of drug-likeness (QED) is 0.828. The molecule has 2 amide bonds. The summed E-state index contributed by atoms with van der Waals surface area (Å²) in [6, 6.07) is 3.73. The fourth-order valence-corrected chi connectivity index (χ4v) is 3.29. The second-order valence-corrected chi connectivity index (χ2v) is 6.87. The summed E-state index contributed by atoms with van der Waals surface area (Å²) in [6.07, 6.45) is 0. The lowest BCUT2D eigenvalue weighted by molar-refractivity contribution is -0.137. The highest BCUT2D eigenvalue weighted by Crippen LogP contribution is 2.20. The lowest BCUT2D eigenvalue weighted by Gasteiger charge is -2.34. The van der Waals surface area contributed by atoms with Crippen LogP contribution in [0, 0.1) is 0 Å². The van der Waals surface area contributed by atoms with Crippen LogP contribution in [0.3, 0.4) is 0 Å². The van der Waals surface area contributed by atoms with Crippen LogP contribution in [0.1, 0.15) is 4.88 Å². The Balaban J connectivity index is 1.67. The Morgan fingerprint density at radius 2 is 2.05 bits per heavy atom. The van der Waals surface area contributed by atoms with E-state index in [4.69, 9.17) is 16.3 Å². The number of nitrogens with one attached hydrogen (secondary N) is 1. The Morgan fingerprint density at radius 3 is 2.64 bits per heavy atom. The maximum atomic E-state index is 11.9. The Hall–Kier alpha value is -1.15. The Morgan fingerprint density at radius 1 is 1.32 bits per heavy atom. The summed E-state index contributed by atoms with van der Waals surface area (Å²) < 4.78 is 5.57. The number of carbonyl (C=O) groups excluding carboxylic acids is 2. The lowest BCUT2D eigenvalue weighted by atomic mass is 10.3. The SMILES string of the molecule is COCC(=O)N1CCN(CC(=O)NCc2ccc(Cl)s2)CC1. The number of methoxy groups -OCH3 is 1. The number of ether oxygens (including phenoxy) is 1. The van der Waals surface area contributed by atoms with E-state index in [1.807, 2.05) is 17.0 Å². The van der Waals surface area contributed by atoms with Crippen LogP contribution >= 0.6 is 22.9 Å². The van der Waals surface area contributed by atoms with E-state index in [1.54, 1.807) is 4.90 Å². The third-order valence-corrected chi connectivity index (χ3v) is 4.68. The van der Waals surface area contributed by atoms with Crippen LogP contribution < -0.4 is 5.32 Å². The zero-order chi connectivity index (χ0) is 15.9. The van der Waals surface area contributed by atoms with E-state index in [2.05, 4.69) is 5.32 Å². The number of thiophene rings is 1. The number of piperazine rings is 1. The second kappa shape index (κ2) is 8.47. The number of hydrogen-bond donors (Lipinski definition) is 1. The number of halogens is 1. The van der Waals surface area contributed by atoms with Gasteiger partial charge < -0.3 is 15.0 Å². The zero-order valence-corrected chi connectivity index (χ0v) is 14.1. The highest BCUT2D eigenvalue weighted by atomic mass is 35.5. The smallest absolute Gasteiger partial charge is 0.248 e. The van der Waals surface area contributed by atoms with Gasteiger partial charge in [-0.05, 0) is 12.1 Å². The Labute approximate surface area is 139 Å². The van der Waals surface area contributed by atoms with Crippen molar-refractivity contribution in [2.75, 3.05) is 46.4 Å². The molecule has 0 aliphatic carbocycles. The second-order valence-electron chi connectivity index (χ2n) is 5.07. The largest absolute Gasteiger partial charge is 0.375 e. The topological polar surface area (TPSA) is 61.9 Å². The molecular weight excluding hydrogens is 326 g/mol. The van der Waals surface area contributed by atoms with Crippen LogP contribution in [0.2, 0.25) is 4.34 Å². The number of nitrogens with zero attached hydrogens (tertiary/aromatic N) is 2. The molecule has 0 atom stereocenters. The summed E-state index contributed by atoms with van der Waals surface area (Å²) >= 11 is 7.31. The standard InChI is InChI=1S/C14H20ClN3O3S/c1-21-10-14(20)18-6-4-17(5-7-18)9-13(19)16-8-11-2-3-12(15)22-11/h2-3H,4-10H2,1H3,(H,16,19). The molecule has 1 aliphatic rings. The molecule has 122 valence electrons. The highest BCUT2D eigenvalue weighted by molar-refractivity contribution is 7.16. The Kier molecular flexibility index (Phi) is 6.63. The van der Waals surface area contributed by atoms with Gasteiger partial charge in [0.1, 0.15) is 6.61 Å². The fourth-order valence-electron chi connectivity index (χ4n) is 2.26. The summed E-state index contributed by atoms with van der Waals surface area (Å²) in [6.45, 7) is 3.64. The van der Waals surface area contributed by atoms with E-state index in [1.165, 1.54) is 18.4 Å². The van der Waals surface area contributed by atoms with Crippen LogP contribution in [0.15, 0.2) is 12.1 Å². The molecule has 1 fully saturated rings. The predicted molar refractivity (Wildman–Crippen MR) is 86.1 cm³/mol. The van der Waals surface area contributed by atoms with Gasteiger partial charge in [-0.3, -0.25) is 14.5 Å². The van der Waals surface area contributed by atoms with Crippen LogP contribution in [-0.4, -0.2) is 68.1 Å². The molecule has 0 unspecified atom stereocenters. The van der Waals surface area contributed by atoms with E-state index in [9.17, 15) is 9.59 Å². The van der Waals surface area contributed by atoms with Crippen molar-refractivity contribution in [1.29, 1.82) is 0 Å². The lowest BCUT2D eigenvalue weighted by Crippen LogP contribution is -2.51. The summed E-state index contributed by atoms with van der Waals surface area (Å²) in [5, 5.41) is 2.88. The predicted octanol–water partition coefficient (Wildman–Crippen LogP) is 0.808. The maximum absolute atomic E-state index is 11.9. The average Bonchev–Trinajstić information content (AvgIpc) is 2.92. The van der Waals surface area contributed by atoms with Crippen molar-refractivity contribution in [3.63, 3.8) is 0 Å². The molecule has 0 aromatic carbocycles. The molecule has 1 aromatic heterocycles. The van der Waals surface area contributed by atoms with Crippen LogP contribution in [0.25, 0.3) is 0 Å². The van der Waals surface area contributed by atoms with Crippen molar-refractivity contribution >= 4 is 34.8 Å². The van der Waals surface area contributed by atoms with Crippen LogP contribution in [0.5, 0.6) is 0 Å². The summed E-state index contributed by atoms with van der Waals surface area (Å²) in [5.74, 6) is -0.0117. The van der Waals surface area contributed by atoms with Crippen LogP contribution in [0.4, 0.5) is 0 Å². The molecule has 1 N–H and O–H groups in total. The van der Waals surface area contributed by atoms with Gasteiger partial charge in [0.25, 0.3) is 0 Å². The maximum Gasteiger partial charge on any atom is 0.248 e. The summed E-state index contributed by atoms with van der Waals surface area (Å²) in [5.41, 5.74) is 0. The van der Waals surface area contributed by atoms with Gasteiger partial charge in [0.15, 0.2) is 0 Å². The van der Waals surface area contributed by atoms with Gasteiger partial charge in [-0.15, -0.1) is 11.3 Å². The van der Waals surface area contributed by atoms with E-state index >= 15 is 0 Å². The highest BCUT2D eigenvalue weighted by Gasteiger charge is 2.22. The molecule has 0 spiro atoms. The molecule has 1 saturated heterocycles. The molecule has 0 radical (unpaired) electrons. The average molecular weight is 346 g/mol. The molecule has 1 aromatic rings. The van der Waals surface area contributed by atoms with Gasteiger partial charge in [-0.1, -0.05) is 11.6 Å². The molecule has 0 saturated carbocycles. The molecule has 8 heteroatoms. The summed E-state index contributed by atoms with van der Waals surface area (Å²) in [4.78, 5) is 28.5. The minimum absolute atomic E-state index is 0.00109. The summed E-state index contributed by atoms with van der Waals surface area (Å²) in [7, 11) is 1.51. The minimum Gasteiger partial charge on any atom is -0.375 e. The van der Waals surface area contributed by atoms with Crippen molar-refractivity contribution in [3.8, 4) is 0 Å². The third kappa shape index (κ3) is 5.24. The first-order chi connectivity index (χ1) is 10.6. The molecule has 2 heterocycles. The first-order valence-corrected chi connectivity index (χ1v) is 8.28. The zero-order valence-electron chi connectivity index (χ0n) is 12.5. The van der Waals surface area contributed by atoms with Gasteiger partial charge in [-0.2, -0.15) is 0 Å². The number of hydrogen-bond acceptors (Lipinski definition) is 5. The molecule has 6 nitrogen and oxygen atoms in total. The minimum atomic E-state index is -0.0128. The van der Waals surface area contributed by atoms with Gasteiger partial charge in [-0.25, -0.2) is 0 Å². The van der Waals surface area contributed by atoms with Crippen molar-refractivity contribution in [2.24, 2.45) is 0 Å². The third-order valence-electron chi connectivity index (χ3n) is 3.45. The molecule has 2 rings (SSSR count). The van der Waals surface area contributed by atoms with Crippen molar-refractivity contribution in [2.45, 2.75) is 6.54 Å². The molecule has 22 heavy (non-hydrogen) atoms. The van der Waals surface area contributed by atoms with E-state index in [0.29, 0.717) is 39.3 Å². The molecule has 1 aliphatic heterocycles. The molecular formula is C14H20ClN3O3S. The van der Waals surface area contributed by atoms with Gasteiger partial charge >= 0.3 is 0 Å². The van der Waals surface area contributed by atoms with E-state index < -0.39 is 0 Å². The van der Waals surface area contributed by atoms with Crippen molar-refractivity contribution < 1.29 is 14.3 Å². The van der Waals surface area contributed by atoms with E-state index in [0.717, 1.165) is 9.21 Å². The number of amides is 2. The monoisotopic (exact) mass is 345 g/mol. The van der Waals surface area contributed by atoms with Crippen molar-refractivity contribution in [3.05, 3.63) is 21.3 Å². The fraction of sp³-hybridized carbons (Fsp3) is 0.571.